The number of nitrogens with zero attached hydrogens (tertiary/aromatic N) is 2. The zero-order valence-electron chi connectivity index (χ0n) is 13.6. The normalized spacial score (nSPS) is 23.0. The van der Waals surface area contributed by atoms with Crippen LogP contribution < -0.4 is 5.32 Å². The van der Waals surface area contributed by atoms with Gasteiger partial charge < -0.3 is 5.32 Å². The molecule has 0 radical (unpaired) electrons. The standard InChI is InChI=1S/C19H25N3.ClH/c1-4-16-6-2-11-21-19(16)17(5-1)14-22-12-8-15(9-13-22)18-7-3-10-20-18;/h1-2,4-6,11,15,18,20H,3,7-10,12-14H2;1H. The summed E-state index contributed by atoms with van der Waals surface area (Å²) in [4.78, 5) is 7.19. The molecule has 0 aliphatic carbocycles. The van der Waals surface area contributed by atoms with Gasteiger partial charge in [0.15, 0.2) is 0 Å². The SMILES string of the molecule is Cl.c1cnc2c(CN3CCC(C4CCCN4)CC3)cccc2c1. The Balaban J connectivity index is 0.00000156. The van der Waals surface area contributed by atoms with Crippen LogP contribution in [0.2, 0.25) is 0 Å². The highest BCUT2D eigenvalue weighted by Gasteiger charge is 2.28. The van der Waals surface area contributed by atoms with E-state index in [0.717, 1.165) is 18.5 Å². The Kier molecular flexibility index (Phi) is 5.52. The fraction of sp³-hybridized carbons (Fsp3) is 0.526. The number of aromatic nitrogens is 1. The molecule has 2 aromatic rings. The maximum atomic E-state index is 4.59. The van der Waals surface area contributed by atoms with E-state index in [1.807, 2.05) is 12.3 Å². The van der Waals surface area contributed by atoms with Gasteiger partial charge >= 0.3 is 0 Å². The highest BCUT2D eigenvalue weighted by Crippen LogP contribution is 2.27. The van der Waals surface area contributed by atoms with E-state index in [1.165, 1.54) is 61.8 Å². The number of para-hydroxylation sites is 1. The van der Waals surface area contributed by atoms with Crippen LogP contribution in [0.15, 0.2) is 36.5 Å². The number of pyridine rings is 1. The molecule has 4 heteroatoms. The summed E-state index contributed by atoms with van der Waals surface area (Å²) in [6, 6.07) is 11.5. The number of fused-ring (bicyclic) bond motifs is 1. The molecule has 23 heavy (non-hydrogen) atoms. The van der Waals surface area contributed by atoms with Gasteiger partial charge in [-0.2, -0.15) is 0 Å². The summed E-state index contributed by atoms with van der Waals surface area (Å²) in [7, 11) is 0. The maximum absolute atomic E-state index is 4.59. The smallest absolute Gasteiger partial charge is 0.0746 e. The predicted molar refractivity (Wildman–Crippen MR) is 98.0 cm³/mol. The minimum Gasteiger partial charge on any atom is -0.314 e. The Hall–Kier alpha value is -1.16. The molecule has 1 aromatic carbocycles. The van der Waals surface area contributed by atoms with E-state index in [1.54, 1.807) is 0 Å². The van der Waals surface area contributed by atoms with E-state index in [-0.39, 0.29) is 12.4 Å². The van der Waals surface area contributed by atoms with E-state index in [2.05, 4.69) is 39.5 Å². The van der Waals surface area contributed by atoms with Gasteiger partial charge in [-0.1, -0.05) is 24.3 Å². The fourth-order valence-electron chi connectivity index (χ4n) is 4.16. The van der Waals surface area contributed by atoms with E-state index >= 15 is 0 Å². The Labute approximate surface area is 144 Å². The number of nitrogens with one attached hydrogen (secondary N) is 1. The van der Waals surface area contributed by atoms with E-state index < -0.39 is 0 Å². The number of halogens is 1. The first kappa shape index (κ1) is 16.7. The first-order valence-electron chi connectivity index (χ1n) is 8.68. The first-order valence-corrected chi connectivity index (χ1v) is 8.68. The molecule has 4 rings (SSSR count). The Morgan fingerprint density at radius 1 is 1.09 bits per heavy atom. The van der Waals surface area contributed by atoms with Gasteiger partial charge in [-0.15, -0.1) is 12.4 Å². The van der Waals surface area contributed by atoms with Crippen molar-refractivity contribution in [2.45, 2.75) is 38.3 Å². The molecule has 2 aliphatic rings. The predicted octanol–water partition coefficient (Wildman–Crippen LogP) is 3.62. The molecule has 0 spiro atoms. The quantitative estimate of drug-likeness (QED) is 0.931. The zero-order chi connectivity index (χ0) is 14.8. The molecular formula is C19H26ClN3. The molecule has 2 fully saturated rings. The second-order valence-electron chi connectivity index (χ2n) is 6.81. The molecule has 2 saturated heterocycles. The number of benzene rings is 1. The number of hydrogen-bond acceptors (Lipinski definition) is 3. The van der Waals surface area contributed by atoms with Gasteiger partial charge in [0.05, 0.1) is 5.52 Å². The summed E-state index contributed by atoms with van der Waals surface area (Å²) < 4.78 is 0. The van der Waals surface area contributed by atoms with Crippen molar-refractivity contribution in [2.24, 2.45) is 5.92 Å². The van der Waals surface area contributed by atoms with Gasteiger partial charge in [-0.05, 0) is 62.9 Å². The van der Waals surface area contributed by atoms with E-state index in [0.29, 0.717) is 0 Å². The van der Waals surface area contributed by atoms with Crippen LogP contribution in [0.3, 0.4) is 0 Å². The minimum absolute atomic E-state index is 0. The molecule has 0 saturated carbocycles. The molecule has 0 amide bonds. The second kappa shape index (κ2) is 7.61. The van der Waals surface area contributed by atoms with Crippen LogP contribution in [-0.2, 0) is 6.54 Å². The van der Waals surface area contributed by atoms with Crippen LogP contribution in [0.1, 0.15) is 31.2 Å². The lowest BCUT2D eigenvalue weighted by Gasteiger charge is -2.35. The lowest BCUT2D eigenvalue weighted by molar-refractivity contribution is 0.158. The minimum atomic E-state index is 0. The largest absolute Gasteiger partial charge is 0.314 e. The van der Waals surface area contributed by atoms with Gasteiger partial charge in [0.1, 0.15) is 0 Å². The molecule has 1 N–H and O–H groups in total. The lowest BCUT2D eigenvalue weighted by atomic mass is 9.88. The van der Waals surface area contributed by atoms with E-state index in [4.69, 9.17) is 0 Å². The maximum Gasteiger partial charge on any atom is 0.0746 e. The van der Waals surface area contributed by atoms with Crippen LogP contribution in [0.5, 0.6) is 0 Å². The molecule has 2 aliphatic heterocycles. The molecule has 3 nitrogen and oxygen atoms in total. The zero-order valence-corrected chi connectivity index (χ0v) is 14.4. The molecule has 0 bridgehead atoms. The topological polar surface area (TPSA) is 28.2 Å². The molecular weight excluding hydrogens is 306 g/mol. The van der Waals surface area contributed by atoms with Gasteiger partial charge in [-0.25, -0.2) is 0 Å². The highest BCUT2D eigenvalue weighted by atomic mass is 35.5. The number of hydrogen-bond donors (Lipinski definition) is 1. The van der Waals surface area contributed by atoms with Crippen LogP contribution >= 0.6 is 12.4 Å². The molecule has 1 unspecified atom stereocenters. The lowest BCUT2D eigenvalue weighted by Crippen LogP contribution is -2.40. The number of rotatable bonds is 3. The van der Waals surface area contributed by atoms with Gasteiger partial charge in [0.2, 0.25) is 0 Å². The monoisotopic (exact) mass is 331 g/mol. The van der Waals surface area contributed by atoms with E-state index in [9.17, 15) is 0 Å². The van der Waals surface area contributed by atoms with Crippen molar-refractivity contribution >= 4 is 23.3 Å². The number of piperidine rings is 1. The van der Waals surface area contributed by atoms with Crippen LogP contribution in [0.25, 0.3) is 10.9 Å². The Morgan fingerprint density at radius 3 is 2.70 bits per heavy atom. The fourth-order valence-corrected chi connectivity index (χ4v) is 4.16. The average molecular weight is 332 g/mol. The van der Waals surface area contributed by atoms with Gasteiger partial charge in [0, 0.05) is 24.2 Å². The number of likely N-dealkylation sites (tertiary alicyclic amines) is 1. The summed E-state index contributed by atoms with van der Waals surface area (Å²) in [5, 5.41) is 4.94. The first-order chi connectivity index (χ1) is 10.9. The third-order valence-electron chi connectivity index (χ3n) is 5.41. The molecule has 1 aromatic heterocycles. The van der Waals surface area contributed by atoms with Crippen molar-refractivity contribution in [1.29, 1.82) is 0 Å². The van der Waals surface area contributed by atoms with Crippen LogP contribution in [-0.4, -0.2) is 35.6 Å². The van der Waals surface area contributed by atoms with Crippen molar-refractivity contribution in [1.82, 2.24) is 15.2 Å². The average Bonchev–Trinajstić information content (AvgIpc) is 3.10. The summed E-state index contributed by atoms with van der Waals surface area (Å²) in [5.41, 5.74) is 2.54. The third kappa shape index (κ3) is 3.68. The summed E-state index contributed by atoms with van der Waals surface area (Å²) in [5.74, 6) is 0.893. The van der Waals surface area contributed by atoms with Gasteiger partial charge in [-0.3, -0.25) is 9.88 Å². The van der Waals surface area contributed by atoms with Crippen molar-refractivity contribution < 1.29 is 0 Å². The third-order valence-corrected chi connectivity index (χ3v) is 5.41. The Morgan fingerprint density at radius 2 is 1.91 bits per heavy atom. The van der Waals surface area contributed by atoms with Crippen molar-refractivity contribution in [3.8, 4) is 0 Å². The van der Waals surface area contributed by atoms with Crippen molar-refractivity contribution in [3.05, 3.63) is 42.1 Å². The van der Waals surface area contributed by atoms with Crippen molar-refractivity contribution in [2.75, 3.05) is 19.6 Å². The van der Waals surface area contributed by atoms with Crippen LogP contribution in [0.4, 0.5) is 0 Å². The Bertz CT molecular complexity index is 626. The highest BCUT2D eigenvalue weighted by molar-refractivity contribution is 5.85. The summed E-state index contributed by atoms with van der Waals surface area (Å²) >= 11 is 0. The summed E-state index contributed by atoms with van der Waals surface area (Å²) in [6.45, 7) is 4.73. The molecule has 124 valence electrons. The molecule has 1 atom stereocenters. The van der Waals surface area contributed by atoms with Crippen LogP contribution in [0, 0.1) is 5.92 Å². The van der Waals surface area contributed by atoms with Gasteiger partial charge in [0.25, 0.3) is 0 Å². The second-order valence-corrected chi connectivity index (χ2v) is 6.81. The summed E-state index contributed by atoms with van der Waals surface area (Å²) in [6.07, 6.45) is 7.35. The van der Waals surface area contributed by atoms with Crippen molar-refractivity contribution in [3.63, 3.8) is 0 Å². The molecule has 3 heterocycles.